The number of nitrogen functional groups attached to an aromatic ring is 1. The van der Waals surface area contributed by atoms with Gasteiger partial charge in [-0.05, 0) is 20.1 Å². The first-order valence-electron chi connectivity index (χ1n) is 9.78. The van der Waals surface area contributed by atoms with Crippen LogP contribution in [0.1, 0.15) is 26.1 Å². The zero-order valence-electron chi connectivity index (χ0n) is 19.5. The van der Waals surface area contributed by atoms with Crippen LogP contribution in [0.15, 0.2) is 16.6 Å². The van der Waals surface area contributed by atoms with Gasteiger partial charge in [0.25, 0.3) is 11.8 Å². The Morgan fingerprint density at radius 2 is 2.03 bits per heavy atom. The number of carbonyl (C=O) groups is 5. The number of ketones is 1. The molecule has 1 saturated heterocycles. The molecule has 0 radical (unpaired) electrons. The first-order valence-corrected chi connectivity index (χ1v) is 12.9. The molecule has 3 heterocycles. The van der Waals surface area contributed by atoms with Gasteiger partial charge in [-0.3, -0.25) is 24.1 Å². The first kappa shape index (κ1) is 30.0. The summed E-state index contributed by atoms with van der Waals surface area (Å²) in [6.07, 6.45) is 1.19. The number of anilines is 1. The molecule has 1 aromatic rings. The van der Waals surface area contributed by atoms with Gasteiger partial charge < -0.3 is 30.5 Å². The number of fused-ring (bicyclic) bond motifs is 1. The zero-order valence-corrected chi connectivity index (χ0v) is 24.0. The number of Topliss-reactive ketones (excluding diaryl/α,β-unsaturated/α-hetero) is 1. The summed E-state index contributed by atoms with van der Waals surface area (Å²) >= 11 is 3.20. The molecule has 1 fully saturated rings. The van der Waals surface area contributed by atoms with Crippen molar-refractivity contribution in [1.29, 1.82) is 0 Å². The monoisotopic (exact) mass is 566 g/mol. The van der Waals surface area contributed by atoms with Crippen LogP contribution in [0.2, 0.25) is 0 Å². The second-order valence-corrected chi connectivity index (χ2v) is 10.2. The summed E-state index contributed by atoms with van der Waals surface area (Å²) in [5.41, 5.74) is 4.62. The van der Waals surface area contributed by atoms with E-state index in [-0.39, 0.29) is 57.9 Å². The van der Waals surface area contributed by atoms with Gasteiger partial charge in [0.15, 0.2) is 11.1 Å². The Morgan fingerprint density at radius 3 is 2.58 bits per heavy atom. The Balaban J connectivity index is 0.00000456. The number of β-lactam (4-membered cyclic amide) rings is 1. The molecule has 3 N–H and O–H groups in total. The van der Waals surface area contributed by atoms with Crippen LogP contribution in [0, 0.1) is 0 Å². The summed E-state index contributed by atoms with van der Waals surface area (Å²) in [4.78, 5) is 70.5. The quantitative estimate of drug-likeness (QED) is 0.0400. The molecule has 1 aromatic heterocycles. The molecule has 2 unspecified atom stereocenters. The second kappa shape index (κ2) is 12.9. The smallest absolute Gasteiger partial charge is 0.543 e. The fraction of sp³-hybridized carbons (Fsp3) is 0.444. The van der Waals surface area contributed by atoms with Crippen molar-refractivity contribution in [3.8, 4) is 0 Å². The summed E-state index contributed by atoms with van der Waals surface area (Å²) in [6.45, 7) is 2.73. The van der Waals surface area contributed by atoms with E-state index in [0.717, 1.165) is 28.2 Å². The van der Waals surface area contributed by atoms with Crippen LogP contribution >= 0.6 is 35.1 Å². The number of rotatable bonds is 10. The average molecular weight is 567 g/mol. The number of carboxylic acid groups (broad SMARTS) is 1. The van der Waals surface area contributed by atoms with E-state index >= 15 is 0 Å². The van der Waals surface area contributed by atoms with Crippen molar-refractivity contribution in [3.05, 3.63) is 17.3 Å². The summed E-state index contributed by atoms with van der Waals surface area (Å²) in [6, 6.07) is -1.14. The van der Waals surface area contributed by atoms with E-state index in [2.05, 4.69) is 19.8 Å². The summed E-state index contributed by atoms with van der Waals surface area (Å²) < 4.78 is 9.02. The minimum atomic E-state index is -1.75. The molecule has 0 aromatic carbocycles. The number of thioether (sulfide) groups is 2. The number of nitrogens with two attached hydrogens (primary N) is 1. The summed E-state index contributed by atoms with van der Waals surface area (Å²) in [5, 5.41) is 16.6. The first-order chi connectivity index (χ1) is 16.5. The van der Waals surface area contributed by atoms with Gasteiger partial charge in [0, 0.05) is 11.5 Å². The fourth-order valence-electron chi connectivity index (χ4n) is 3.12. The molecule has 0 spiro atoms. The molecule has 188 valence electrons. The minimum absolute atomic E-state index is 0. The molecular formula is C18H19N6NaO8S3. The van der Waals surface area contributed by atoms with Crippen molar-refractivity contribution in [3.63, 3.8) is 0 Å². The zero-order chi connectivity index (χ0) is 25.9. The summed E-state index contributed by atoms with van der Waals surface area (Å²) in [7, 11) is 0. The number of nitrogens with one attached hydrogen (secondary N) is 1. The van der Waals surface area contributed by atoms with Gasteiger partial charge in [-0.2, -0.15) is 9.36 Å². The molecule has 18 heteroatoms. The molecule has 0 bridgehead atoms. The van der Waals surface area contributed by atoms with Crippen LogP contribution in [0.4, 0.5) is 5.13 Å². The van der Waals surface area contributed by atoms with E-state index in [9.17, 15) is 29.1 Å². The third-order valence-corrected chi connectivity index (χ3v) is 6.79. The molecule has 0 saturated carbocycles. The Bertz CT molecular complexity index is 1140. The topological polar surface area (TPSA) is 206 Å². The van der Waals surface area contributed by atoms with Gasteiger partial charge in [0.1, 0.15) is 35.1 Å². The number of amides is 2. The predicted octanol–water partition coefficient (Wildman–Crippen LogP) is -4.56. The average Bonchev–Trinajstić information content (AvgIpc) is 3.21. The van der Waals surface area contributed by atoms with Crippen molar-refractivity contribution >= 4 is 75.4 Å². The van der Waals surface area contributed by atoms with Gasteiger partial charge >= 0.3 is 35.5 Å². The van der Waals surface area contributed by atoms with Crippen molar-refractivity contribution < 1.29 is 68.2 Å². The largest absolute Gasteiger partial charge is 1.00 e. The van der Waals surface area contributed by atoms with Crippen molar-refractivity contribution in [2.45, 2.75) is 36.9 Å². The van der Waals surface area contributed by atoms with Crippen LogP contribution in [-0.4, -0.2) is 78.4 Å². The maximum Gasteiger partial charge on any atom is 1.00 e. The number of oxime groups is 1. The van der Waals surface area contributed by atoms with E-state index in [1.165, 1.54) is 18.7 Å². The Hall–Kier alpha value is -2.18. The molecule has 2 amide bonds. The maximum atomic E-state index is 12.9. The van der Waals surface area contributed by atoms with Gasteiger partial charge in [0.05, 0.1) is 11.2 Å². The van der Waals surface area contributed by atoms with E-state index < -0.39 is 58.3 Å². The van der Waals surface area contributed by atoms with E-state index in [0.29, 0.717) is 0 Å². The standard InChI is InChI=1S/C18H20N6O8S3.Na/c1-6(25)4-8(26)32-12-7(2)34-16-10(15(28)24(16)11(12)17(29)30)20-14(27)9(22-31-5-33-3)13-21-18(19)35-23-13;/h7,10,16H,4-5H2,1-3H3,(H,20,27)(H,29,30)(H2,19,21,23);/q;+1/p-1/t7?,10?,16-;/m1./s1. The van der Waals surface area contributed by atoms with Crippen molar-refractivity contribution in [2.75, 3.05) is 17.9 Å². The van der Waals surface area contributed by atoms with Crippen LogP contribution in [0.25, 0.3) is 0 Å². The normalized spacial score (nSPS) is 21.1. The molecule has 3 rings (SSSR count). The van der Waals surface area contributed by atoms with Crippen LogP contribution in [0.5, 0.6) is 0 Å². The van der Waals surface area contributed by atoms with Crippen molar-refractivity contribution in [1.82, 2.24) is 19.6 Å². The number of aromatic nitrogens is 2. The molecule has 14 nitrogen and oxygen atoms in total. The number of carbonyl (C=O) groups excluding carboxylic acids is 5. The number of hydrogen-bond acceptors (Lipinski definition) is 15. The van der Waals surface area contributed by atoms with Crippen molar-refractivity contribution in [2.24, 2.45) is 5.16 Å². The van der Waals surface area contributed by atoms with E-state index in [1.54, 1.807) is 13.2 Å². The van der Waals surface area contributed by atoms with Gasteiger partial charge in [-0.1, -0.05) is 5.16 Å². The molecule has 2 aliphatic heterocycles. The van der Waals surface area contributed by atoms with Gasteiger partial charge in [0.2, 0.25) is 11.5 Å². The van der Waals surface area contributed by atoms with E-state index in [1.807, 2.05) is 0 Å². The van der Waals surface area contributed by atoms with Crippen LogP contribution < -0.4 is 45.7 Å². The van der Waals surface area contributed by atoms with Gasteiger partial charge in [-0.25, -0.2) is 0 Å². The Kier molecular flexibility index (Phi) is 10.7. The third-order valence-electron chi connectivity index (χ3n) is 4.52. The number of carboxylic acids is 1. The Morgan fingerprint density at radius 1 is 1.33 bits per heavy atom. The number of hydrogen-bond donors (Lipinski definition) is 2. The molecular weight excluding hydrogens is 547 g/mol. The number of aliphatic carboxylic acids is 1. The Labute approximate surface area is 239 Å². The van der Waals surface area contributed by atoms with Crippen LogP contribution in [0.3, 0.4) is 0 Å². The number of nitrogens with zero attached hydrogens (tertiary/aromatic N) is 4. The fourth-order valence-corrected chi connectivity index (χ4v) is 5.08. The molecule has 0 aliphatic carbocycles. The molecule has 3 atom stereocenters. The maximum absolute atomic E-state index is 12.9. The number of ether oxygens (including phenoxy) is 1. The summed E-state index contributed by atoms with van der Waals surface area (Å²) in [5.74, 6) is -5.09. The predicted molar refractivity (Wildman–Crippen MR) is 123 cm³/mol. The molecule has 2 aliphatic rings. The molecule has 36 heavy (non-hydrogen) atoms. The SMILES string of the molecule is CSCON=C(C(=O)NC1C(=O)N2C(C(=O)[O-])=C(OC(=O)CC(C)=O)C(C)S[C@H]12)c1nsc(N)n1.[Na+]. The third kappa shape index (κ3) is 6.57. The second-order valence-electron chi connectivity index (χ2n) is 7.11. The number of esters is 1. The van der Waals surface area contributed by atoms with E-state index in [4.69, 9.17) is 15.3 Å². The van der Waals surface area contributed by atoms with Gasteiger partial charge in [-0.15, -0.1) is 23.5 Å². The van der Waals surface area contributed by atoms with Crippen LogP contribution in [-0.2, 0) is 33.5 Å². The minimum Gasteiger partial charge on any atom is -0.543 e.